The Bertz CT molecular complexity index is 824. The molecule has 138 valence electrons. The maximum absolute atomic E-state index is 14.6. The Labute approximate surface area is 146 Å². The number of alkyl halides is 3. The zero-order valence-corrected chi connectivity index (χ0v) is 13.5. The summed E-state index contributed by atoms with van der Waals surface area (Å²) < 4.78 is 56.2. The van der Waals surface area contributed by atoms with Crippen molar-refractivity contribution in [1.82, 2.24) is 10.3 Å². The lowest BCUT2D eigenvalue weighted by Crippen LogP contribution is -2.25. The van der Waals surface area contributed by atoms with Gasteiger partial charge in [0.05, 0.1) is 5.69 Å². The van der Waals surface area contributed by atoms with Gasteiger partial charge in [-0.3, -0.25) is 4.79 Å². The summed E-state index contributed by atoms with van der Waals surface area (Å²) in [4.78, 5) is 16.0. The second kappa shape index (κ2) is 7.28. The van der Waals surface area contributed by atoms with Gasteiger partial charge in [0.15, 0.2) is 6.61 Å². The van der Waals surface area contributed by atoms with Crippen LogP contribution in [-0.2, 0) is 13.0 Å². The number of anilines is 1. The van der Waals surface area contributed by atoms with Crippen molar-refractivity contribution in [2.75, 3.05) is 18.5 Å². The molecule has 0 spiro atoms. The van der Waals surface area contributed by atoms with E-state index < -0.39 is 30.4 Å². The van der Waals surface area contributed by atoms with Gasteiger partial charge in [0.1, 0.15) is 11.4 Å². The molecule has 1 aromatic heterocycles. The van der Waals surface area contributed by atoms with Gasteiger partial charge in [-0.1, -0.05) is 6.07 Å². The normalized spacial score (nSPS) is 13.8. The Morgan fingerprint density at radius 2 is 2.12 bits per heavy atom. The number of halogens is 4. The van der Waals surface area contributed by atoms with Crippen molar-refractivity contribution in [3.05, 3.63) is 53.0 Å². The number of aromatic nitrogens is 1. The fourth-order valence-corrected chi connectivity index (χ4v) is 2.65. The molecule has 1 aliphatic rings. The minimum atomic E-state index is -4.57. The first-order valence-electron chi connectivity index (χ1n) is 7.82. The molecule has 2 heterocycles. The van der Waals surface area contributed by atoms with Crippen molar-refractivity contribution >= 4 is 11.6 Å². The number of benzene rings is 1. The van der Waals surface area contributed by atoms with E-state index >= 15 is 0 Å². The van der Waals surface area contributed by atoms with Crippen molar-refractivity contribution < 1.29 is 27.1 Å². The van der Waals surface area contributed by atoms with Crippen LogP contribution in [0.1, 0.15) is 21.5 Å². The Morgan fingerprint density at radius 1 is 1.31 bits per heavy atom. The molecule has 0 unspecified atom stereocenters. The first kappa shape index (κ1) is 18.1. The second-order valence-electron chi connectivity index (χ2n) is 5.71. The number of hydrogen-bond donors (Lipinski definition) is 2. The number of nitrogens with zero attached hydrogens (tertiary/aromatic N) is 1. The molecule has 0 aliphatic carbocycles. The highest BCUT2D eigenvalue weighted by molar-refractivity contribution is 6.05. The van der Waals surface area contributed by atoms with Crippen LogP contribution in [0.2, 0.25) is 0 Å². The van der Waals surface area contributed by atoms with E-state index in [0.717, 1.165) is 5.56 Å². The summed E-state index contributed by atoms with van der Waals surface area (Å²) in [5.74, 6) is -1.81. The second-order valence-corrected chi connectivity index (χ2v) is 5.71. The van der Waals surface area contributed by atoms with E-state index in [1.165, 1.54) is 24.4 Å². The van der Waals surface area contributed by atoms with Gasteiger partial charge in [0, 0.05) is 12.7 Å². The molecular weight excluding hydrogens is 354 g/mol. The summed E-state index contributed by atoms with van der Waals surface area (Å²) in [5.41, 5.74) is 1.07. The summed E-state index contributed by atoms with van der Waals surface area (Å²) in [6.45, 7) is -0.414. The monoisotopic (exact) mass is 369 g/mol. The summed E-state index contributed by atoms with van der Waals surface area (Å²) in [7, 11) is 0. The van der Waals surface area contributed by atoms with E-state index in [2.05, 4.69) is 20.4 Å². The summed E-state index contributed by atoms with van der Waals surface area (Å²) in [6, 6.07) is 5.76. The minimum Gasteiger partial charge on any atom is -0.467 e. The largest absolute Gasteiger partial charge is 0.467 e. The van der Waals surface area contributed by atoms with Crippen LogP contribution in [0.5, 0.6) is 5.88 Å². The third kappa shape index (κ3) is 4.10. The van der Waals surface area contributed by atoms with E-state index in [1.54, 1.807) is 6.07 Å². The molecule has 2 aromatic rings. The third-order valence-electron chi connectivity index (χ3n) is 3.84. The van der Waals surface area contributed by atoms with Gasteiger partial charge in [0.25, 0.3) is 5.91 Å². The maximum atomic E-state index is 14.6. The summed E-state index contributed by atoms with van der Waals surface area (Å²) in [5, 5.41) is 5.50. The summed E-state index contributed by atoms with van der Waals surface area (Å²) in [6.07, 6.45) is -2.88. The topological polar surface area (TPSA) is 63.2 Å². The molecule has 0 saturated carbocycles. The summed E-state index contributed by atoms with van der Waals surface area (Å²) >= 11 is 0. The number of amides is 1. The van der Waals surface area contributed by atoms with Crippen LogP contribution in [0.25, 0.3) is 0 Å². The van der Waals surface area contributed by atoms with Gasteiger partial charge in [-0.25, -0.2) is 9.37 Å². The molecule has 0 fully saturated rings. The highest BCUT2D eigenvalue weighted by atomic mass is 19.4. The van der Waals surface area contributed by atoms with Crippen molar-refractivity contribution in [2.45, 2.75) is 19.1 Å². The number of carbonyl (C=O) groups is 1. The van der Waals surface area contributed by atoms with E-state index in [4.69, 9.17) is 0 Å². The Kier molecular flexibility index (Phi) is 5.08. The molecule has 3 rings (SSSR count). The number of hydrogen-bond acceptors (Lipinski definition) is 4. The van der Waals surface area contributed by atoms with Gasteiger partial charge in [-0.2, -0.15) is 13.2 Å². The van der Waals surface area contributed by atoms with Crippen LogP contribution in [0.3, 0.4) is 0 Å². The van der Waals surface area contributed by atoms with E-state index in [1.807, 2.05) is 0 Å². The molecule has 0 radical (unpaired) electrons. The number of ether oxygens (including phenoxy) is 1. The number of fused-ring (bicyclic) bond motifs is 1. The van der Waals surface area contributed by atoms with Crippen molar-refractivity contribution in [3.63, 3.8) is 0 Å². The fraction of sp³-hybridized carbons (Fsp3) is 0.294. The van der Waals surface area contributed by atoms with Gasteiger partial charge < -0.3 is 15.4 Å². The zero-order chi connectivity index (χ0) is 18.7. The van der Waals surface area contributed by atoms with E-state index in [9.17, 15) is 22.4 Å². The lowest BCUT2D eigenvalue weighted by Gasteiger charge is -2.19. The Morgan fingerprint density at radius 3 is 2.88 bits per heavy atom. The average Bonchev–Trinajstić information content (AvgIpc) is 2.62. The molecule has 0 bridgehead atoms. The number of pyridine rings is 1. The van der Waals surface area contributed by atoms with Crippen molar-refractivity contribution in [3.8, 4) is 5.88 Å². The zero-order valence-electron chi connectivity index (χ0n) is 13.5. The number of nitrogens with one attached hydrogen (secondary N) is 2. The fourth-order valence-electron chi connectivity index (χ4n) is 2.65. The molecular formula is C17H15F4N3O2. The molecule has 1 aliphatic heterocycles. The van der Waals surface area contributed by atoms with Crippen LogP contribution >= 0.6 is 0 Å². The van der Waals surface area contributed by atoms with Crippen molar-refractivity contribution in [1.29, 1.82) is 0 Å². The van der Waals surface area contributed by atoms with Crippen LogP contribution < -0.4 is 15.4 Å². The van der Waals surface area contributed by atoms with Crippen LogP contribution in [0.15, 0.2) is 30.5 Å². The number of rotatable bonds is 4. The standard InChI is InChI=1S/C17H15F4N3O2/c18-14-11-5-7-22-8-10(11)3-4-13(14)24-15(25)12-2-1-6-23-16(12)26-9-17(19,20)21/h1-4,6,22H,5,7-9H2,(H,24,25). The molecule has 5 nitrogen and oxygen atoms in total. The molecule has 0 atom stereocenters. The molecule has 0 saturated heterocycles. The maximum Gasteiger partial charge on any atom is 0.422 e. The van der Waals surface area contributed by atoms with E-state index in [0.29, 0.717) is 25.1 Å². The lowest BCUT2D eigenvalue weighted by atomic mass is 9.99. The van der Waals surface area contributed by atoms with Crippen molar-refractivity contribution in [2.24, 2.45) is 0 Å². The molecule has 1 amide bonds. The molecule has 2 N–H and O–H groups in total. The molecule has 1 aromatic carbocycles. The van der Waals surface area contributed by atoms with E-state index in [-0.39, 0.29) is 11.3 Å². The van der Waals surface area contributed by atoms with Crippen LogP contribution in [-0.4, -0.2) is 30.2 Å². The minimum absolute atomic E-state index is 0.0405. The molecule has 9 heteroatoms. The Hall–Kier alpha value is -2.68. The number of carbonyl (C=O) groups excluding carboxylic acids is 1. The van der Waals surface area contributed by atoms with Gasteiger partial charge >= 0.3 is 6.18 Å². The quantitative estimate of drug-likeness (QED) is 0.814. The van der Waals surface area contributed by atoms with Gasteiger partial charge in [0.2, 0.25) is 5.88 Å². The lowest BCUT2D eigenvalue weighted by molar-refractivity contribution is -0.154. The predicted molar refractivity (Wildman–Crippen MR) is 85.6 cm³/mol. The first-order valence-corrected chi connectivity index (χ1v) is 7.82. The van der Waals surface area contributed by atoms with Crippen LogP contribution in [0, 0.1) is 5.82 Å². The molecule has 26 heavy (non-hydrogen) atoms. The smallest absolute Gasteiger partial charge is 0.422 e. The van der Waals surface area contributed by atoms with Gasteiger partial charge in [-0.15, -0.1) is 0 Å². The highest BCUT2D eigenvalue weighted by Gasteiger charge is 2.29. The van der Waals surface area contributed by atoms with Crippen LogP contribution in [0.4, 0.5) is 23.2 Å². The first-order chi connectivity index (χ1) is 12.3. The van der Waals surface area contributed by atoms with Gasteiger partial charge in [-0.05, 0) is 42.3 Å². The third-order valence-corrected chi connectivity index (χ3v) is 3.84. The average molecular weight is 369 g/mol. The Balaban J connectivity index is 1.81. The SMILES string of the molecule is O=C(Nc1ccc2c(c1F)CCNC2)c1cccnc1OCC(F)(F)F. The highest BCUT2D eigenvalue weighted by Crippen LogP contribution is 2.26. The predicted octanol–water partition coefficient (Wildman–Crippen LogP) is 3.06.